The maximum Gasteiger partial charge on any atom is 0.0596 e. The van der Waals surface area contributed by atoms with E-state index in [2.05, 4.69) is 13.8 Å². The smallest absolute Gasteiger partial charge is 0.0596 e. The van der Waals surface area contributed by atoms with E-state index in [9.17, 15) is 10.2 Å². The Kier molecular flexibility index (Phi) is 3.25. The van der Waals surface area contributed by atoms with Crippen molar-refractivity contribution in [1.29, 1.82) is 0 Å². The van der Waals surface area contributed by atoms with Gasteiger partial charge in [0.15, 0.2) is 0 Å². The summed E-state index contributed by atoms with van der Waals surface area (Å²) in [7, 11) is 0. The Morgan fingerprint density at radius 1 is 0.762 bits per heavy atom. The molecule has 2 heteroatoms. The number of aliphatic hydroxyl groups is 2. The van der Waals surface area contributed by atoms with E-state index in [0.717, 1.165) is 42.9 Å². The van der Waals surface area contributed by atoms with Crippen LogP contribution in [0, 0.1) is 34.5 Å². The summed E-state index contributed by atoms with van der Waals surface area (Å²) in [6.07, 6.45) is 10.7. The lowest BCUT2D eigenvalue weighted by atomic mass is 9.45. The van der Waals surface area contributed by atoms with Gasteiger partial charge in [0.2, 0.25) is 0 Å². The van der Waals surface area contributed by atoms with Gasteiger partial charge < -0.3 is 10.2 Å². The molecule has 4 aliphatic carbocycles. The summed E-state index contributed by atoms with van der Waals surface area (Å²) < 4.78 is 0. The van der Waals surface area contributed by atoms with Gasteiger partial charge in [-0.2, -0.15) is 0 Å². The zero-order chi connectivity index (χ0) is 14.8. The third kappa shape index (κ3) is 1.91. The van der Waals surface area contributed by atoms with Gasteiger partial charge in [-0.1, -0.05) is 13.8 Å². The van der Waals surface area contributed by atoms with Crippen molar-refractivity contribution in [2.45, 2.75) is 83.8 Å². The monoisotopic (exact) mass is 292 g/mol. The van der Waals surface area contributed by atoms with E-state index in [0.29, 0.717) is 5.41 Å². The Balaban J connectivity index is 1.62. The second-order valence-corrected chi connectivity index (χ2v) is 9.22. The highest BCUT2D eigenvalue weighted by atomic mass is 16.3. The maximum atomic E-state index is 10.5. The second kappa shape index (κ2) is 4.71. The normalized spacial score (nSPS) is 60.0. The van der Waals surface area contributed by atoms with Crippen molar-refractivity contribution >= 4 is 0 Å². The fourth-order valence-electron chi connectivity index (χ4n) is 7.21. The van der Waals surface area contributed by atoms with Crippen molar-refractivity contribution in [2.24, 2.45) is 34.5 Å². The first-order valence-corrected chi connectivity index (χ1v) is 9.31. The van der Waals surface area contributed by atoms with Crippen molar-refractivity contribution < 1.29 is 10.2 Å². The van der Waals surface area contributed by atoms with Crippen molar-refractivity contribution in [3.05, 3.63) is 0 Å². The topological polar surface area (TPSA) is 40.5 Å². The zero-order valence-corrected chi connectivity index (χ0v) is 13.7. The molecule has 0 spiro atoms. The summed E-state index contributed by atoms with van der Waals surface area (Å²) >= 11 is 0. The molecule has 0 radical (unpaired) electrons. The predicted molar refractivity (Wildman–Crippen MR) is 83.7 cm³/mol. The molecule has 4 rings (SSSR count). The van der Waals surface area contributed by atoms with Gasteiger partial charge in [0.25, 0.3) is 0 Å². The average molecular weight is 292 g/mol. The molecule has 0 aromatic heterocycles. The van der Waals surface area contributed by atoms with Crippen LogP contribution in [0.15, 0.2) is 0 Å². The highest BCUT2D eigenvalue weighted by molar-refractivity contribution is 5.09. The second-order valence-electron chi connectivity index (χ2n) is 9.22. The molecule has 5 unspecified atom stereocenters. The highest BCUT2D eigenvalue weighted by Gasteiger charge is 2.59. The molecule has 2 N–H and O–H groups in total. The van der Waals surface area contributed by atoms with E-state index in [4.69, 9.17) is 0 Å². The standard InChI is InChI=1S/C19H32O2/c1-18-9-7-13(20)11-12(18)3-4-14-15-5-6-17(21)19(15,2)10-8-16(14)18/h12-17,20-21H,3-11H2,1-2H3/t12?,13-,14?,15?,16?,17?,18-,19-/m0/s1. The van der Waals surface area contributed by atoms with E-state index >= 15 is 0 Å². The zero-order valence-electron chi connectivity index (χ0n) is 13.7. The Morgan fingerprint density at radius 3 is 2.29 bits per heavy atom. The Hall–Kier alpha value is -0.0800. The number of hydrogen-bond donors (Lipinski definition) is 2. The molecule has 4 saturated carbocycles. The molecule has 2 nitrogen and oxygen atoms in total. The van der Waals surface area contributed by atoms with Crippen LogP contribution < -0.4 is 0 Å². The summed E-state index contributed by atoms with van der Waals surface area (Å²) in [4.78, 5) is 0. The quantitative estimate of drug-likeness (QED) is 0.714. The van der Waals surface area contributed by atoms with Gasteiger partial charge >= 0.3 is 0 Å². The molecule has 0 saturated heterocycles. The molecule has 8 atom stereocenters. The number of fused-ring (bicyclic) bond motifs is 5. The van der Waals surface area contributed by atoms with Gasteiger partial charge in [-0.3, -0.25) is 0 Å². The molecule has 0 aromatic rings. The lowest BCUT2D eigenvalue weighted by molar-refractivity contribution is -0.133. The van der Waals surface area contributed by atoms with Crippen molar-refractivity contribution in [3.8, 4) is 0 Å². The Labute approximate surface area is 129 Å². The van der Waals surface area contributed by atoms with Crippen molar-refractivity contribution in [1.82, 2.24) is 0 Å². The lowest BCUT2D eigenvalue weighted by Gasteiger charge is -2.60. The first-order chi connectivity index (χ1) is 9.95. The van der Waals surface area contributed by atoms with Crippen LogP contribution in [0.2, 0.25) is 0 Å². The molecule has 0 bridgehead atoms. The predicted octanol–water partition coefficient (Wildman–Crippen LogP) is 3.75. The van der Waals surface area contributed by atoms with Crippen LogP contribution in [0.5, 0.6) is 0 Å². The first-order valence-electron chi connectivity index (χ1n) is 9.31. The van der Waals surface area contributed by atoms with E-state index in [1.54, 1.807) is 0 Å². The van der Waals surface area contributed by atoms with E-state index in [1.807, 2.05) is 0 Å². The minimum atomic E-state index is -0.0536. The summed E-state index contributed by atoms with van der Waals surface area (Å²) in [5.41, 5.74) is 0.676. The summed E-state index contributed by atoms with van der Waals surface area (Å²) in [5, 5.41) is 20.5. The van der Waals surface area contributed by atoms with Gasteiger partial charge in [-0.25, -0.2) is 0 Å². The van der Waals surface area contributed by atoms with Crippen LogP contribution in [-0.4, -0.2) is 22.4 Å². The summed E-state index contributed by atoms with van der Waals surface area (Å²) in [5.74, 6) is 3.21. The fraction of sp³-hybridized carbons (Fsp3) is 1.00. The van der Waals surface area contributed by atoms with Crippen LogP contribution in [0.25, 0.3) is 0 Å². The Morgan fingerprint density at radius 2 is 1.48 bits per heavy atom. The third-order valence-electron chi connectivity index (χ3n) is 8.59. The van der Waals surface area contributed by atoms with E-state index in [1.165, 1.54) is 38.5 Å². The average Bonchev–Trinajstić information content (AvgIpc) is 2.76. The third-order valence-corrected chi connectivity index (χ3v) is 8.59. The summed E-state index contributed by atoms with van der Waals surface area (Å²) in [6, 6.07) is 0. The van der Waals surface area contributed by atoms with E-state index < -0.39 is 0 Å². The van der Waals surface area contributed by atoms with E-state index in [-0.39, 0.29) is 17.6 Å². The van der Waals surface area contributed by atoms with Gasteiger partial charge in [0, 0.05) is 0 Å². The van der Waals surface area contributed by atoms with Crippen LogP contribution in [-0.2, 0) is 0 Å². The van der Waals surface area contributed by atoms with Crippen LogP contribution >= 0.6 is 0 Å². The SMILES string of the molecule is C[C@]12CC[C@H](O)CC1CCC1C2CC[C@]2(C)C(O)CCC12. The van der Waals surface area contributed by atoms with Crippen LogP contribution in [0.1, 0.15) is 71.6 Å². The van der Waals surface area contributed by atoms with Gasteiger partial charge in [-0.15, -0.1) is 0 Å². The number of aliphatic hydroxyl groups excluding tert-OH is 2. The van der Waals surface area contributed by atoms with Gasteiger partial charge in [-0.05, 0) is 92.3 Å². The molecule has 0 heterocycles. The summed E-state index contributed by atoms with van der Waals surface area (Å²) in [6.45, 7) is 4.90. The fourth-order valence-corrected chi connectivity index (χ4v) is 7.21. The number of hydrogen-bond acceptors (Lipinski definition) is 2. The molecule has 0 amide bonds. The molecule has 0 aliphatic heterocycles. The van der Waals surface area contributed by atoms with Gasteiger partial charge in [0.05, 0.1) is 12.2 Å². The Bertz CT molecular complexity index is 422. The van der Waals surface area contributed by atoms with Gasteiger partial charge in [0.1, 0.15) is 0 Å². The molecule has 120 valence electrons. The minimum absolute atomic E-state index is 0.0400. The maximum absolute atomic E-state index is 10.5. The largest absolute Gasteiger partial charge is 0.393 e. The molecular weight excluding hydrogens is 260 g/mol. The van der Waals surface area contributed by atoms with Crippen LogP contribution in [0.4, 0.5) is 0 Å². The minimum Gasteiger partial charge on any atom is -0.393 e. The molecule has 0 aromatic carbocycles. The van der Waals surface area contributed by atoms with Crippen molar-refractivity contribution in [2.75, 3.05) is 0 Å². The lowest BCUT2D eigenvalue weighted by Crippen LogP contribution is -2.54. The van der Waals surface area contributed by atoms with Crippen LogP contribution in [0.3, 0.4) is 0 Å². The highest BCUT2D eigenvalue weighted by Crippen LogP contribution is 2.66. The molecule has 4 fully saturated rings. The van der Waals surface area contributed by atoms with Crippen molar-refractivity contribution in [3.63, 3.8) is 0 Å². The molecule has 21 heavy (non-hydrogen) atoms. The molecule has 4 aliphatic rings. The first kappa shape index (κ1) is 14.5. The number of rotatable bonds is 0. The molecular formula is C19H32O2.